The van der Waals surface area contributed by atoms with Gasteiger partial charge in [-0.1, -0.05) is 18.2 Å². The first kappa shape index (κ1) is 15.7. The van der Waals surface area contributed by atoms with Gasteiger partial charge in [0.05, 0.1) is 30.3 Å². The maximum atomic E-state index is 12.6. The maximum Gasteiger partial charge on any atom is 0.227 e. The van der Waals surface area contributed by atoms with Gasteiger partial charge >= 0.3 is 0 Å². The van der Waals surface area contributed by atoms with Crippen LogP contribution in [0.1, 0.15) is 6.42 Å². The standard InChI is InChI=1S/C19H17NO5S/c1-24-18-7-13-12-4-2-3-5-16(12)25-17(13)8-14(18)20-15-10-26(22,23)9-11(15)6-19(20)21/h2-5,7-8,11,15H,6,9-10H2,1H3/t11-,15+/m1/s1. The number of carbonyl (C=O) groups is 1. The highest BCUT2D eigenvalue weighted by Gasteiger charge is 2.50. The Balaban J connectivity index is 1.70. The van der Waals surface area contributed by atoms with Crippen LogP contribution in [-0.4, -0.2) is 39.0 Å². The van der Waals surface area contributed by atoms with Crippen molar-refractivity contribution in [3.05, 3.63) is 36.4 Å². The molecule has 0 bridgehead atoms. The molecule has 2 aromatic carbocycles. The molecule has 0 N–H and O–H groups in total. The Kier molecular flexibility index (Phi) is 3.16. The highest BCUT2D eigenvalue weighted by atomic mass is 32.2. The van der Waals surface area contributed by atoms with Crippen LogP contribution in [0, 0.1) is 5.92 Å². The molecule has 2 saturated heterocycles. The molecular formula is C19H17NO5S. The van der Waals surface area contributed by atoms with Gasteiger partial charge < -0.3 is 14.1 Å². The highest BCUT2D eigenvalue weighted by molar-refractivity contribution is 7.91. The normalized spacial score (nSPS) is 24.5. The number of nitrogens with zero attached hydrogens (tertiary/aromatic N) is 1. The minimum Gasteiger partial charge on any atom is -0.495 e. The van der Waals surface area contributed by atoms with Crippen LogP contribution in [0.4, 0.5) is 5.69 Å². The van der Waals surface area contributed by atoms with Gasteiger partial charge in [0, 0.05) is 29.2 Å². The number of hydrogen-bond acceptors (Lipinski definition) is 5. The molecule has 5 rings (SSSR count). The van der Waals surface area contributed by atoms with E-state index in [2.05, 4.69) is 0 Å². The zero-order valence-corrected chi connectivity index (χ0v) is 15.0. The fourth-order valence-electron chi connectivity index (χ4n) is 4.29. The quantitative estimate of drug-likeness (QED) is 0.692. The van der Waals surface area contributed by atoms with E-state index in [1.807, 2.05) is 30.3 Å². The minimum absolute atomic E-state index is 0.00469. The van der Waals surface area contributed by atoms with E-state index in [-0.39, 0.29) is 35.8 Å². The lowest BCUT2D eigenvalue weighted by Crippen LogP contribution is -2.36. The van der Waals surface area contributed by atoms with E-state index in [0.29, 0.717) is 17.0 Å². The van der Waals surface area contributed by atoms with Crippen LogP contribution in [0.25, 0.3) is 21.9 Å². The average Bonchev–Trinajstić information content (AvgIpc) is 3.19. The predicted molar refractivity (Wildman–Crippen MR) is 98.3 cm³/mol. The zero-order valence-electron chi connectivity index (χ0n) is 14.1. The summed E-state index contributed by atoms with van der Waals surface area (Å²) in [6, 6.07) is 11.0. The first-order valence-electron chi connectivity index (χ1n) is 8.48. The third kappa shape index (κ3) is 2.16. The first-order valence-corrected chi connectivity index (χ1v) is 10.3. The smallest absolute Gasteiger partial charge is 0.227 e. The molecule has 1 amide bonds. The lowest BCUT2D eigenvalue weighted by atomic mass is 10.0. The molecule has 0 unspecified atom stereocenters. The summed E-state index contributed by atoms with van der Waals surface area (Å²) in [5.41, 5.74) is 1.99. The van der Waals surface area contributed by atoms with E-state index in [1.54, 1.807) is 18.1 Å². The van der Waals surface area contributed by atoms with Gasteiger partial charge in [0.1, 0.15) is 16.9 Å². The molecule has 2 atom stereocenters. The molecule has 2 fully saturated rings. The Bertz CT molecular complexity index is 1160. The molecule has 0 radical (unpaired) electrons. The Morgan fingerprint density at radius 2 is 1.92 bits per heavy atom. The summed E-state index contributed by atoms with van der Waals surface area (Å²) >= 11 is 0. The number of para-hydroxylation sites is 1. The van der Waals surface area contributed by atoms with Crippen molar-refractivity contribution in [3.8, 4) is 5.75 Å². The van der Waals surface area contributed by atoms with Crippen LogP contribution in [0.2, 0.25) is 0 Å². The lowest BCUT2D eigenvalue weighted by Gasteiger charge is -2.25. The number of furan rings is 1. The van der Waals surface area contributed by atoms with Gasteiger partial charge in [-0.15, -0.1) is 0 Å². The summed E-state index contributed by atoms with van der Waals surface area (Å²) in [4.78, 5) is 14.2. The SMILES string of the molecule is COc1cc2c(cc1N1C(=O)C[C@@H]3CS(=O)(=O)C[C@@H]31)oc1ccccc12. The number of carbonyl (C=O) groups excluding carboxylic acids is 1. The molecular weight excluding hydrogens is 354 g/mol. The van der Waals surface area contributed by atoms with Crippen molar-refractivity contribution in [1.29, 1.82) is 0 Å². The van der Waals surface area contributed by atoms with Crippen LogP contribution in [-0.2, 0) is 14.6 Å². The number of benzene rings is 2. The van der Waals surface area contributed by atoms with Crippen molar-refractivity contribution < 1.29 is 22.4 Å². The van der Waals surface area contributed by atoms with E-state index >= 15 is 0 Å². The third-order valence-electron chi connectivity index (χ3n) is 5.41. The van der Waals surface area contributed by atoms with Crippen LogP contribution in [0.5, 0.6) is 5.75 Å². The molecule has 0 saturated carbocycles. The molecule has 3 heterocycles. The largest absolute Gasteiger partial charge is 0.495 e. The van der Waals surface area contributed by atoms with E-state index in [1.165, 1.54) is 0 Å². The number of rotatable bonds is 2. The highest BCUT2D eigenvalue weighted by Crippen LogP contribution is 2.44. The number of sulfone groups is 1. The fourth-order valence-corrected chi connectivity index (χ4v) is 6.36. The summed E-state index contributed by atoms with van der Waals surface area (Å²) in [5.74, 6) is 0.411. The summed E-state index contributed by atoms with van der Waals surface area (Å²) in [6.07, 6.45) is 0.255. The number of fused-ring (bicyclic) bond motifs is 4. The molecule has 3 aromatic rings. The van der Waals surface area contributed by atoms with Crippen LogP contribution in [0.15, 0.2) is 40.8 Å². The third-order valence-corrected chi connectivity index (χ3v) is 7.20. The van der Waals surface area contributed by atoms with E-state index in [9.17, 15) is 13.2 Å². The Hall–Kier alpha value is -2.54. The van der Waals surface area contributed by atoms with Gasteiger partial charge in [0.25, 0.3) is 0 Å². The number of hydrogen-bond donors (Lipinski definition) is 0. The predicted octanol–water partition coefficient (Wildman–Crippen LogP) is 2.74. The summed E-state index contributed by atoms with van der Waals surface area (Å²) in [7, 11) is -1.56. The second-order valence-corrected chi connectivity index (χ2v) is 9.14. The number of ether oxygens (including phenoxy) is 1. The minimum atomic E-state index is -3.11. The van der Waals surface area contributed by atoms with E-state index < -0.39 is 9.84 Å². The number of anilines is 1. The second kappa shape index (κ2) is 5.23. The van der Waals surface area contributed by atoms with Crippen LogP contribution < -0.4 is 9.64 Å². The maximum absolute atomic E-state index is 12.6. The molecule has 26 heavy (non-hydrogen) atoms. The number of amides is 1. The van der Waals surface area contributed by atoms with Crippen molar-refractivity contribution in [2.24, 2.45) is 5.92 Å². The molecule has 1 aromatic heterocycles. The zero-order chi connectivity index (χ0) is 18.1. The van der Waals surface area contributed by atoms with Gasteiger partial charge in [-0.2, -0.15) is 0 Å². The van der Waals surface area contributed by atoms with Gasteiger partial charge in [-0.25, -0.2) is 8.42 Å². The van der Waals surface area contributed by atoms with Gasteiger partial charge in [-0.05, 0) is 12.1 Å². The topological polar surface area (TPSA) is 76.8 Å². The summed E-state index contributed by atoms with van der Waals surface area (Å²) in [6.45, 7) is 0. The summed E-state index contributed by atoms with van der Waals surface area (Å²) in [5, 5.41) is 1.88. The molecule has 0 aliphatic carbocycles. The van der Waals surface area contributed by atoms with Crippen molar-refractivity contribution in [1.82, 2.24) is 0 Å². The fraction of sp³-hybridized carbons (Fsp3) is 0.316. The van der Waals surface area contributed by atoms with Crippen LogP contribution in [0.3, 0.4) is 0 Å². The molecule has 2 aliphatic heterocycles. The average molecular weight is 371 g/mol. The number of methoxy groups -OCH3 is 1. The Morgan fingerprint density at radius 3 is 2.73 bits per heavy atom. The van der Waals surface area contributed by atoms with Gasteiger partial charge in [-0.3, -0.25) is 4.79 Å². The second-order valence-electron chi connectivity index (χ2n) is 6.99. The first-order chi connectivity index (χ1) is 12.5. The molecule has 2 aliphatic rings. The summed E-state index contributed by atoms with van der Waals surface area (Å²) < 4.78 is 35.5. The van der Waals surface area contributed by atoms with Gasteiger partial charge in [0.2, 0.25) is 5.91 Å². The van der Waals surface area contributed by atoms with Crippen molar-refractivity contribution in [2.75, 3.05) is 23.5 Å². The Morgan fingerprint density at radius 1 is 1.12 bits per heavy atom. The molecule has 0 spiro atoms. The van der Waals surface area contributed by atoms with Gasteiger partial charge in [0.15, 0.2) is 9.84 Å². The molecule has 7 heteroatoms. The van der Waals surface area contributed by atoms with Crippen molar-refractivity contribution >= 4 is 43.4 Å². The lowest BCUT2D eigenvalue weighted by molar-refractivity contribution is -0.117. The van der Waals surface area contributed by atoms with E-state index in [4.69, 9.17) is 9.15 Å². The van der Waals surface area contributed by atoms with Crippen molar-refractivity contribution in [2.45, 2.75) is 12.5 Å². The monoisotopic (exact) mass is 371 g/mol. The molecule has 134 valence electrons. The van der Waals surface area contributed by atoms with Crippen LogP contribution >= 0.6 is 0 Å². The Labute approximate surface area is 150 Å². The molecule has 6 nitrogen and oxygen atoms in total. The van der Waals surface area contributed by atoms with E-state index in [0.717, 1.165) is 16.4 Å². The van der Waals surface area contributed by atoms with Crippen molar-refractivity contribution in [3.63, 3.8) is 0 Å².